The fourth-order valence-corrected chi connectivity index (χ4v) is 7.60. The average molecular weight is 946 g/mol. The van der Waals surface area contributed by atoms with E-state index in [-0.39, 0.29) is 59.2 Å². The minimum absolute atomic E-state index is 0. The summed E-state index contributed by atoms with van der Waals surface area (Å²) in [4.78, 5) is 30.9. The molecule has 0 bridgehead atoms. The van der Waals surface area contributed by atoms with Crippen molar-refractivity contribution in [3.8, 4) is 11.4 Å². The van der Waals surface area contributed by atoms with Crippen molar-refractivity contribution in [1.29, 1.82) is 0 Å². The number of anilines is 1. The first-order valence-electron chi connectivity index (χ1n) is 19.7. The van der Waals surface area contributed by atoms with Crippen molar-refractivity contribution in [3.05, 3.63) is 180 Å². The fourth-order valence-electron chi connectivity index (χ4n) is 7.11. The molecule has 2 fully saturated rings. The summed E-state index contributed by atoms with van der Waals surface area (Å²) in [7, 11) is 0. The molecule has 6 aromatic rings. The summed E-state index contributed by atoms with van der Waals surface area (Å²) >= 11 is 17.6. The summed E-state index contributed by atoms with van der Waals surface area (Å²) in [5.74, 6) is -3.28. The summed E-state index contributed by atoms with van der Waals surface area (Å²) < 4.78 is 54.7. The van der Waals surface area contributed by atoms with E-state index in [1.54, 1.807) is 0 Å². The maximum Gasteiger partial charge on any atom is 0.292 e. The number of nitrogens with zero attached hydrogens (tertiary/aromatic N) is 7. The minimum atomic E-state index is -0.821. The van der Waals surface area contributed by atoms with Gasteiger partial charge in [-0.15, -0.1) is 0 Å². The van der Waals surface area contributed by atoms with Crippen LogP contribution in [-0.4, -0.2) is 104 Å². The fraction of sp³-hybridized carbons (Fsp3) is 0.289. The van der Waals surface area contributed by atoms with Crippen LogP contribution >= 0.6 is 34.8 Å². The molecule has 12 nitrogen and oxygen atoms in total. The number of aromatic nitrogens is 4. The van der Waals surface area contributed by atoms with Gasteiger partial charge in [-0.2, -0.15) is 19.6 Å². The molecule has 4 aromatic carbocycles. The number of aliphatic hydroxyl groups is 2. The van der Waals surface area contributed by atoms with E-state index in [0.717, 1.165) is 72.5 Å². The normalized spacial score (nSPS) is 16.5. The molecule has 0 radical (unpaired) electrons. The van der Waals surface area contributed by atoms with Gasteiger partial charge in [-0.3, -0.25) is 19.4 Å². The van der Waals surface area contributed by atoms with Gasteiger partial charge in [0.1, 0.15) is 33.3 Å². The number of benzene rings is 4. The van der Waals surface area contributed by atoms with E-state index in [1.165, 1.54) is 17.3 Å². The van der Waals surface area contributed by atoms with E-state index in [9.17, 15) is 32.3 Å². The van der Waals surface area contributed by atoms with E-state index < -0.39 is 34.4 Å². The Morgan fingerprint density at radius 1 is 0.625 bits per heavy atom. The molecule has 2 aromatic heterocycles. The SMILES string of the molecule is C.O=c1c(Cl)c(Cl)cnn1-c1cc(F)cc(F)c1.O=c1c(Cl)c(N2CCN(Cc3ccccc3)CC2CO)cnn1-c1cc(F)cc(F)c1.OCC1CN(Cc2ccccc2)CCN1. The van der Waals surface area contributed by atoms with Crippen LogP contribution in [0, 0.1) is 23.3 Å². The van der Waals surface area contributed by atoms with E-state index in [2.05, 4.69) is 61.7 Å². The van der Waals surface area contributed by atoms with Gasteiger partial charge in [0.05, 0.1) is 53.7 Å². The molecular formula is C45H47Cl3F4N8O4. The van der Waals surface area contributed by atoms with Crippen molar-refractivity contribution in [1.82, 2.24) is 34.7 Å². The molecule has 2 unspecified atom stereocenters. The first kappa shape index (κ1) is 49.8. The summed E-state index contributed by atoms with van der Waals surface area (Å²) in [6.45, 7) is 6.64. The molecule has 340 valence electrons. The highest BCUT2D eigenvalue weighted by molar-refractivity contribution is 6.41. The van der Waals surface area contributed by atoms with Gasteiger partial charge < -0.3 is 20.4 Å². The maximum absolute atomic E-state index is 13.5. The van der Waals surface area contributed by atoms with Gasteiger partial charge in [0.15, 0.2) is 0 Å². The topological polar surface area (TPSA) is 132 Å². The van der Waals surface area contributed by atoms with Gasteiger partial charge in [0.25, 0.3) is 11.1 Å². The van der Waals surface area contributed by atoms with Crippen LogP contribution in [0.2, 0.25) is 15.1 Å². The number of aliphatic hydroxyl groups excluding tert-OH is 2. The molecule has 2 aliphatic heterocycles. The third kappa shape index (κ3) is 13.2. The van der Waals surface area contributed by atoms with Gasteiger partial charge in [0.2, 0.25) is 0 Å². The van der Waals surface area contributed by atoms with Crippen molar-refractivity contribution < 1.29 is 27.8 Å². The summed E-state index contributed by atoms with van der Waals surface area (Å²) in [5.41, 5.74) is 1.36. The molecule has 0 amide bonds. The van der Waals surface area contributed by atoms with Crippen LogP contribution in [0.1, 0.15) is 18.6 Å². The first-order chi connectivity index (χ1) is 30.3. The Bertz CT molecular complexity index is 2540. The Hall–Kier alpha value is -5.17. The van der Waals surface area contributed by atoms with E-state index in [1.807, 2.05) is 29.2 Å². The molecule has 3 N–H and O–H groups in total. The maximum atomic E-state index is 13.5. The van der Waals surface area contributed by atoms with E-state index >= 15 is 0 Å². The molecule has 2 aliphatic rings. The monoisotopic (exact) mass is 944 g/mol. The molecule has 8 rings (SSSR count). The Morgan fingerprint density at radius 2 is 1.11 bits per heavy atom. The zero-order valence-corrected chi connectivity index (χ0v) is 35.9. The molecule has 0 saturated carbocycles. The lowest BCUT2D eigenvalue weighted by molar-refractivity contribution is 0.143. The second-order valence-electron chi connectivity index (χ2n) is 14.6. The van der Waals surface area contributed by atoms with Gasteiger partial charge in [-0.25, -0.2) is 17.6 Å². The minimum Gasteiger partial charge on any atom is -0.395 e. The first-order valence-corrected chi connectivity index (χ1v) is 20.8. The van der Waals surface area contributed by atoms with Crippen LogP contribution in [0.4, 0.5) is 23.2 Å². The number of hydrogen-bond donors (Lipinski definition) is 3. The van der Waals surface area contributed by atoms with Crippen molar-refractivity contribution >= 4 is 40.5 Å². The predicted octanol–water partition coefficient (Wildman–Crippen LogP) is 6.75. The Balaban J connectivity index is 0.000000197. The van der Waals surface area contributed by atoms with Gasteiger partial charge in [-0.1, -0.05) is 103 Å². The van der Waals surface area contributed by atoms with Crippen LogP contribution in [0.3, 0.4) is 0 Å². The number of hydrogen-bond acceptors (Lipinski definition) is 10. The summed E-state index contributed by atoms with van der Waals surface area (Å²) in [6.07, 6.45) is 2.51. The highest BCUT2D eigenvalue weighted by atomic mass is 35.5. The van der Waals surface area contributed by atoms with Gasteiger partial charge >= 0.3 is 0 Å². The second-order valence-corrected chi connectivity index (χ2v) is 15.8. The smallest absolute Gasteiger partial charge is 0.292 e. The lowest BCUT2D eigenvalue weighted by Gasteiger charge is -2.42. The van der Waals surface area contributed by atoms with Gasteiger partial charge in [0, 0.05) is 70.5 Å². The zero-order valence-electron chi connectivity index (χ0n) is 33.6. The van der Waals surface area contributed by atoms with E-state index in [4.69, 9.17) is 39.9 Å². The Kier molecular flexibility index (Phi) is 18.4. The lowest BCUT2D eigenvalue weighted by Crippen LogP contribution is -2.55. The van der Waals surface area contributed by atoms with Crippen LogP contribution in [0.25, 0.3) is 11.4 Å². The number of halogens is 7. The third-order valence-electron chi connectivity index (χ3n) is 10.1. The molecule has 19 heteroatoms. The lowest BCUT2D eigenvalue weighted by atomic mass is 10.1. The summed E-state index contributed by atoms with van der Waals surface area (Å²) in [5, 5.41) is 29.7. The molecule has 0 aliphatic carbocycles. The van der Waals surface area contributed by atoms with Crippen molar-refractivity contribution in [2.24, 2.45) is 0 Å². The molecule has 0 spiro atoms. The average Bonchev–Trinajstić information content (AvgIpc) is 3.27. The van der Waals surface area contributed by atoms with Crippen LogP contribution in [0.15, 0.2) is 119 Å². The van der Waals surface area contributed by atoms with Crippen LogP contribution in [0.5, 0.6) is 0 Å². The number of rotatable bonds is 9. The molecule has 2 atom stereocenters. The zero-order chi connectivity index (χ0) is 45.0. The van der Waals surface area contributed by atoms with Crippen molar-refractivity contribution in [2.75, 3.05) is 57.4 Å². The molecule has 64 heavy (non-hydrogen) atoms. The van der Waals surface area contributed by atoms with Crippen LogP contribution < -0.4 is 21.3 Å². The quantitative estimate of drug-likeness (QED) is 0.134. The highest BCUT2D eigenvalue weighted by Crippen LogP contribution is 2.27. The van der Waals surface area contributed by atoms with Gasteiger partial charge in [-0.05, 0) is 35.4 Å². The Labute approximate surface area is 382 Å². The predicted molar refractivity (Wildman–Crippen MR) is 242 cm³/mol. The molecule has 2 saturated heterocycles. The molecular weight excluding hydrogens is 899 g/mol. The highest BCUT2D eigenvalue weighted by Gasteiger charge is 2.29. The largest absolute Gasteiger partial charge is 0.395 e. The summed E-state index contributed by atoms with van der Waals surface area (Å²) in [6, 6.07) is 25.8. The van der Waals surface area contributed by atoms with Crippen molar-refractivity contribution in [3.63, 3.8) is 0 Å². The number of nitrogens with one attached hydrogen (secondary N) is 1. The van der Waals surface area contributed by atoms with Crippen LogP contribution in [-0.2, 0) is 13.1 Å². The van der Waals surface area contributed by atoms with E-state index in [0.29, 0.717) is 37.5 Å². The number of piperazine rings is 2. The molecule has 4 heterocycles. The Morgan fingerprint density at radius 3 is 1.61 bits per heavy atom. The standard InChI is InChI=1S/C22H21ClF2N4O2.C12H18N2O.C10H4Cl2F2N2O.CH4/c23-21-20(11-26-29(22(21)31)18-9-16(24)8-17(25)10-18)28-7-6-27(13-19(28)14-30)12-15-4-2-1-3-5-15;15-10-12-9-14(7-6-13-12)8-11-4-2-1-3-5-11;11-8-4-15-16(10(17)9(8)12)7-2-5(13)1-6(14)3-7;/h1-5,8-11,19,30H,6-7,12-14H2;1-5,12-13,15H,6-10H2;1-4H;1H4. The van der Waals surface area contributed by atoms with Crippen molar-refractivity contribution in [2.45, 2.75) is 32.6 Å². The third-order valence-corrected chi connectivity index (χ3v) is 11.2. The second kappa shape index (κ2) is 23.7.